The van der Waals surface area contributed by atoms with Crippen LogP contribution in [0.25, 0.3) is 0 Å². The summed E-state index contributed by atoms with van der Waals surface area (Å²) in [5.41, 5.74) is 1.57. The summed E-state index contributed by atoms with van der Waals surface area (Å²) < 4.78 is 15.5. The van der Waals surface area contributed by atoms with Crippen LogP contribution in [0.1, 0.15) is 23.8 Å². The molecule has 3 aromatic rings. The van der Waals surface area contributed by atoms with Gasteiger partial charge in [-0.25, -0.2) is 9.59 Å². The van der Waals surface area contributed by atoms with Crippen molar-refractivity contribution in [2.45, 2.75) is 26.2 Å². The molecule has 0 N–H and O–H groups in total. The number of carbonyl (C=O) groups is 2. The first-order valence-corrected chi connectivity index (χ1v) is 9.55. The number of furan rings is 1. The minimum absolute atomic E-state index is 0.000961. The van der Waals surface area contributed by atoms with Gasteiger partial charge in [-0.15, -0.1) is 5.06 Å². The van der Waals surface area contributed by atoms with E-state index in [0.29, 0.717) is 5.76 Å². The topological polar surface area (TPSA) is 78.2 Å². The highest BCUT2D eigenvalue weighted by molar-refractivity contribution is 5.70. The van der Waals surface area contributed by atoms with E-state index in [1.165, 1.54) is 6.26 Å². The van der Waals surface area contributed by atoms with Crippen LogP contribution < -0.4 is 0 Å². The van der Waals surface area contributed by atoms with Gasteiger partial charge in [0.1, 0.15) is 19.3 Å². The Hall–Kier alpha value is -4.18. The number of hydroxylamine groups is 2. The van der Waals surface area contributed by atoms with E-state index >= 15 is 0 Å². The van der Waals surface area contributed by atoms with Gasteiger partial charge >= 0.3 is 12.2 Å². The highest BCUT2D eigenvalue weighted by atomic mass is 16.8. The normalized spacial score (nSPS) is 10.9. The van der Waals surface area contributed by atoms with Crippen LogP contribution >= 0.6 is 0 Å². The first kappa shape index (κ1) is 21.5. The second-order valence-corrected chi connectivity index (χ2v) is 6.40. The second-order valence-electron chi connectivity index (χ2n) is 6.40. The average Bonchev–Trinajstić information content (AvgIpc) is 3.33. The molecule has 1 unspecified atom stereocenters. The molecule has 0 saturated carbocycles. The molecule has 7 heteroatoms. The van der Waals surface area contributed by atoms with Crippen LogP contribution in [0.5, 0.6) is 0 Å². The maximum Gasteiger partial charge on any atom is 0.533 e. The third-order valence-electron chi connectivity index (χ3n) is 4.03. The summed E-state index contributed by atoms with van der Waals surface area (Å²) in [4.78, 5) is 29.9. The van der Waals surface area contributed by atoms with Crippen molar-refractivity contribution >= 4 is 12.2 Å². The van der Waals surface area contributed by atoms with Gasteiger partial charge in [-0.1, -0.05) is 66.6 Å². The molecule has 0 aliphatic heterocycles. The number of hydrogen-bond acceptors (Lipinski definition) is 6. The van der Waals surface area contributed by atoms with E-state index < -0.39 is 18.3 Å². The van der Waals surface area contributed by atoms with Crippen LogP contribution in [-0.4, -0.2) is 23.4 Å². The smallest absolute Gasteiger partial charge is 0.456 e. The molecule has 7 nitrogen and oxygen atoms in total. The van der Waals surface area contributed by atoms with Gasteiger partial charge in [0.2, 0.25) is 0 Å². The average molecular weight is 419 g/mol. The Bertz CT molecular complexity index is 1020. The van der Waals surface area contributed by atoms with Gasteiger partial charge in [-0.2, -0.15) is 0 Å². The molecule has 1 aromatic heterocycles. The van der Waals surface area contributed by atoms with E-state index in [4.69, 9.17) is 18.7 Å². The summed E-state index contributed by atoms with van der Waals surface area (Å²) in [6, 6.07) is 20.8. The number of amides is 1. The van der Waals surface area contributed by atoms with E-state index in [9.17, 15) is 9.59 Å². The third-order valence-corrected chi connectivity index (χ3v) is 4.03. The number of carbonyl (C=O) groups excluding carboxylic acids is 2. The summed E-state index contributed by atoms with van der Waals surface area (Å²) in [5, 5.41) is 0.742. The first-order valence-electron chi connectivity index (χ1n) is 9.55. The molecule has 0 aliphatic rings. The zero-order chi connectivity index (χ0) is 21.9. The van der Waals surface area contributed by atoms with Gasteiger partial charge in [-0.3, -0.25) is 4.84 Å². The maximum absolute atomic E-state index is 12.6. The Morgan fingerprint density at radius 2 is 1.52 bits per heavy atom. The molecule has 158 valence electrons. The van der Waals surface area contributed by atoms with Gasteiger partial charge in [0, 0.05) is 0 Å². The molecule has 0 fully saturated rings. The Balaban J connectivity index is 1.65. The van der Waals surface area contributed by atoms with Gasteiger partial charge in [0.25, 0.3) is 0 Å². The van der Waals surface area contributed by atoms with E-state index in [1.807, 2.05) is 48.5 Å². The van der Waals surface area contributed by atoms with Gasteiger partial charge in [0.15, 0.2) is 5.76 Å². The van der Waals surface area contributed by atoms with Gasteiger partial charge < -0.3 is 13.9 Å². The molecule has 0 bridgehead atoms. The summed E-state index contributed by atoms with van der Waals surface area (Å²) in [6.45, 7) is 1.60. The highest BCUT2D eigenvalue weighted by Gasteiger charge is 2.26. The molecule has 3 rings (SSSR count). The lowest BCUT2D eigenvalue weighted by Crippen LogP contribution is -2.40. The second kappa shape index (κ2) is 11.1. The van der Waals surface area contributed by atoms with E-state index in [0.717, 1.165) is 16.2 Å². The van der Waals surface area contributed by atoms with Crippen molar-refractivity contribution in [3.8, 4) is 11.8 Å². The van der Waals surface area contributed by atoms with E-state index in [1.54, 1.807) is 31.2 Å². The molecule has 0 aliphatic carbocycles. The lowest BCUT2D eigenvalue weighted by Gasteiger charge is -2.22. The van der Waals surface area contributed by atoms with Crippen molar-refractivity contribution in [1.82, 2.24) is 5.06 Å². The molecular weight excluding hydrogens is 398 g/mol. The highest BCUT2D eigenvalue weighted by Crippen LogP contribution is 2.10. The molecule has 1 heterocycles. The molecule has 31 heavy (non-hydrogen) atoms. The molecule has 0 saturated heterocycles. The predicted octanol–water partition coefficient (Wildman–Crippen LogP) is 4.93. The van der Waals surface area contributed by atoms with E-state index in [-0.39, 0.29) is 13.2 Å². The van der Waals surface area contributed by atoms with Crippen molar-refractivity contribution in [2.75, 3.05) is 0 Å². The number of nitrogens with zero attached hydrogens (tertiary/aromatic N) is 1. The quantitative estimate of drug-likeness (QED) is 0.332. The number of benzene rings is 2. The largest absolute Gasteiger partial charge is 0.533 e. The third kappa shape index (κ3) is 6.98. The summed E-state index contributed by atoms with van der Waals surface area (Å²) in [7, 11) is 0. The summed E-state index contributed by atoms with van der Waals surface area (Å²) in [6.07, 6.45) is -0.438. The summed E-state index contributed by atoms with van der Waals surface area (Å²) >= 11 is 0. The van der Waals surface area contributed by atoms with Crippen molar-refractivity contribution in [1.29, 1.82) is 0 Å². The Kier molecular flexibility index (Phi) is 7.72. The van der Waals surface area contributed by atoms with Crippen LogP contribution in [0.3, 0.4) is 0 Å². The predicted molar refractivity (Wildman–Crippen MR) is 111 cm³/mol. The van der Waals surface area contributed by atoms with Crippen LogP contribution in [0.15, 0.2) is 83.5 Å². The van der Waals surface area contributed by atoms with Crippen molar-refractivity contribution < 1.29 is 28.3 Å². The zero-order valence-electron chi connectivity index (χ0n) is 16.9. The lowest BCUT2D eigenvalue weighted by molar-refractivity contribution is -0.123. The number of rotatable bonds is 5. The lowest BCUT2D eigenvalue weighted by atomic mass is 10.2. The van der Waals surface area contributed by atoms with Gasteiger partial charge in [0.05, 0.1) is 6.26 Å². The fourth-order valence-corrected chi connectivity index (χ4v) is 2.46. The van der Waals surface area contributed by atoms with Crippen LogP contribution in [-0.2, 0) is 27.5 Å². The fraction of sp³-hybridized carbons (Fsp3) is 0.167. The van der Waals surface area contributed by atoms with Gasteiger partial charge in [-0.05, 0) is 36.1 Å². The molecule has 0 radical (unpaired) electrons. The Morgan fingerprint density at radius 3 is 2.10 bits per heavy atom. The van der Waals surface area contributed by atoms with E-state index in [2.05, 4.69) is 11.8 Å². The Morgan fingerprint density at radius 1 is 0.903 bits per heavy atom. The van der Waals surface area contributed by atoms with Crippen LogP contribution in [0.2, 0.25) is 0 Å². The maximum atomic E-state index is 12.6. The fourth-order valence-electron chi connectivity index (χ4n) is 2.46. The standard InChI is InChI=1S/C24H21NO6/c1-19(14-15-22-13-8-16-28-22)25(23(26)29-17-20-9-4-2-5-10-20)31-24(27)30-18-21-11-6-3-7-12-21/h2-13,16,19H,17-18H2,1H3. The zero-order valence-corrected chi connectivity index (χ0v) is 16.9. The molecule has 2 aromatic carbocycles. The van der Waals surface area contributed by atoms with Crippen LogP contribution in [0, 0.1) is 11.8 Å². The first-order chi connectivity index (χ1) is 15.1. The SMILES string of the molecule is CC(C#Cc1ccco1)N(OC(=O)OCc1ccccc1)C(=O)OCc1ccccc1. The Labute approximate surface area is 180 Å². The molecule has 1 atom stereocenters. The monoisotopic (exact) mass is 419 g/mol. The van der Waals surface area contributed by atoms with Crippen molar-refractivity contribution in [3.63, 3.8) is 0 Å². The minimum Gasteiger partial charge on any atom is -0.456 e. The van der Waals surface area contributed by atoms with Crippen molar-refractivity contribution in [2.24, 2.45) is 0 Å². The minimum atomic E-state index is -1.05. The molecular formula is C24H21NO6. The number of hydrogen-bond donors (Lipinski definition) is 0. The van der Waals surface area contributed by atoms with Crippen molar-refractivity contribution in [3.05, 3.63) is 95.9 Å². The summed E-state index contributed by atoms with van der Waals surface area (Å²) in [5.74, 6) is 5.97. The molecule has 1 amide bonds. The molecule has 0 spiro atoms. The number of ether oxygens (including phenoxy) is 2. The van der Waals surface area contributed by atoms with Crippen LogP contribution in [0.4, 0.5) is 9.59 Å².